The largest absolute Gasteiger partial charge is 0.481 e. The van der Waals surface area contributed by atoms with Crippen LogP contribution in [0.5, 0.6) is 0 Å². The zero-order valence-electron chi connectivity index (χ0n) is 9.40. The molecule has 0 atom stereocenters. The number of aliphatic carboxylic acids is 1. The maximum absolute atomic E-state index is 11.4. The van der Waals surface area contributed by atoms with Crippen LogP contribution in [0.2, 0.25) is 5.02 Å². The van der Waals surface area contributed by atoms with Gasteiger partial charge in [-0.3, -0.25) is 9.59 Å². The van der Waals surface area contributed by atoms with E-state index in [1.54, 1.807) is 0 Å². The van der Waals surface area contributed by atoms with Gasteiger partial charge in [-0.1, -0.05) is 11.6 Å². The third-order valence-electron chi connectivity index (χ3n) is 1.97. The molecular weight excluding hydrogens is 262 g/mol. The molecule has 0 fully saturated rings. The Kier molecular flexibility index (Phi) is 4.67. The van der Waals surface area contributed by atoms with Crippen molar-refractivity contribution in [3.8, 4) is 0 Å². The lowest BCUT2D eigenvalue weighted by Crippen LogP contribution is -2.18. The number of carboxylic acids is 1. The second-order valence-electron chi connectivity index (χ2n) is 3.30. The molecule has 1 aromatic carbocycles. The van der Waals surface area contributed by atoms with Gasteiger partial charge >= 0.3 is 11.9 Å². The monoisotopic (exact) mass is 271 g/mol. The van der Waals surface area contributed by atoms with E-state index in [1.807, 2.05) is 0 Å². The summed E-state index contributed by atoms with van der Waals surface area (Å²) in [4.78, 5) is 33.1. The summed E-state index contributed by atoms with van der Waals surface area (Å²) in [5.41, 5.74) is 0.209. The van der Waals surface area contributed by atoms with Crippen molar-refractivity contribution in [2.75, 3.05) is 12.4 Å². The highest BCUT2D eigenvalue weighted by molar-refractivity contribution is 6.31. The van der Waals surface area contributed by atoms with Gasteiger partial charge in [0.1, 0.15) is 6.42 Å². The Morgan fingerprint density at radius 3 is 2.61 bits per heavy atom. The molecule has 0 saturated carbocycles. The van der Waals surface area contributed by atoms with Crippen molar-refractivity contribution < 1.29 is 24.2 Å². The van der Waals surface area contributed by atoms with Gasteiger partial charge < -0.3 is 15.2 Å². The van der Waals surface area contributed by atoms with E-state index < -0.39 is 24.3 Å². The van der Waals surface area contributed by atoms with E-state index in [1.165, 1.54) is 25.3 Å². The van der Waals surface area contributed by atoms with Gasteiger partial charge in [0.05, 0.1) is 18.4 Å². The van der Waals surface area contributed by atoms with Crippen LogP contribution in [0.15, 0.2) is 18.2 Å². The fourth-order valence-electron chi connectivity index (χ4n) is 1.24. The number of ether oxygens (including phenoxy) is 1. The van der Waals surface area contributed by atoms with E-state index in [0.717, 1.165) is 0 Å². The standard InChI is InChI=1S/C11H10ClNO5/c1-18-11(17)7-4-6(12)2-3-8(7)13-9(14)5-10(15)16/h2-4H,5H2,1H3,(H,13,14)(H,15,16). The molecule has 1 amide bonds. The summed E-state index contributed by atoms with van der Waals surface area (Å²) >= 11 is 5.72. The highest BCUT2D eigenvalue weighted by Crippen LogP contribution is 2.21. The first-order valence-corrected chi connectivity index (χ1v) is 5.21. The topological polar surface area (TPSA) is 92.7 Å². The Morgan fingerprint density at radius 1 is 1.39 bits per heavy atom. The van der Waals surface area contributed by atoms with Crippen molar-refractivity contribution >= 4 is 35.1 Å². The van der Waals surface area contributed by atoms with E-state index >= 15 is 0 Å². The van der Waals surface area contributed by atoms with Crippen molar-refractivity contribution in [3.05, 3.63) is 28.8 Å². The number of nitrogens with one attached hydrogen (secondary N) is 1. The highest BCUT2D eigenvalue weighted by Gasteiger charge is 2.15. The maximum Gasteiger partial charge on any atom is 0.340 e. The number of carbonyl (C=O) groups excluding carboxylic acids is 2. The molecule has 0 spiro atoms. The van der Waals surface area contributed by atoms with E-state index in [4.69, 9.17) is 16.7 Å². The van der Waals surface area contributed by atoms with E-state index in [9.17, 15) is 14.4 Å². The predicted molar refractivity (Wildman–Crippen MR) is 63.7 cm³/mol. The van der Waals surface area contributed by atoms with Gasteiger partial charge in [0, 0.05) is 5.02 Å². The summed E-state index contributed by atoms with van der Waals surface area (Å²) in [6.07, 6.45) is -0.691. The van der Waals surface area contributed by atoms with Crippen LogP contribution in [0.1, 0.15) is 16.8 Å². The first-order valence-electron chi connectivity index (χ1n) is 4.83. The summed E-state index contributed by atoms with van der Waals surface area (Å²) in [5.74, 6) is -2.68. The van der Waals surface area contributed by atoms with Crippen LogP contribution in [0.4, 0.5) is 5.69 Å². The average Bonchev–Trinajstić information content (AvgIpc) is 2.29. The van der Waals surface area contributed by atoms with Crippen LogP contribution >= 0.6 is 11.6 Å². The summed E-state index contributed by atoms with van der Waals surface area (Å²) < 4.78 is 4.53. The molecule has 6 nitrogen and oxygen atoms in total. The number of methoxy groups -OCH3 is 1. The number of esters is 1. The van der Waals surface area contributed by atoms with Crippen molar-refractivity contribution in [2.24, 2.45) is 0 Å². The van der Waals surface area contributed by atoms with Crippen LogP contribution < -0.4 is 5.32 Å². The first kappa shape index (κ1) is 14.0. The molecule has 0 radical (unpaired) electrons. The van der Waals surface area contributed by atoms with Crippen LogP contribution in [0, 0.1) is 0 Å². The molecule has 2 N–H and O–H groups in total. The van der Waals surface area contributed by atoms with Crippen LogP contribution in [0.25, 0.3) is 0 Å². The molecule has 0 aromatic heterocycles. The molecule has 0 aliphatic rings. The molecule has 0 heterocycles. The fourth-order valence-corrected chi connectivity index (χ4v) is 1.41. The van der Waals surface area contributed by atoms with Gasteiger partial charge in [-0.05, 0) is 18.2 Å². The molecular formula is C11H10ClNO5. The van der Waals surface area contributed by atoms with E-state index in [-0.39, 0.29) is 11.3 Å². The van der Waals surface area contributed by atoms with Crippen LogP contribution in [-0.2, 0) is 14.3 Å². The normalized spacial score (nSPS) is 9.67. The number of anilines is 1. The minimum absolute atomic E-state index is 0.0590. The molecule has 1 rings (SSSR count). The molecule has 18 heavy (non-hydrogen) atoms. The van der Waals surface area contributed by atoms with Crippen molar-refractivity contribution in [3.63, 3.8) is 0 Å². The molecule has 0 bridgehead atoms. The Morgan fingerprint density at radius 2 is 2.06 bits per heavy atom. The van der Waals surface area contributed by atoms with Gasteiger partial charge in [0.25, 0.3) is 0 Å². The average molecular weight is 272 g/mol. The minimum atomic E-state index is -1.26. The molecule has 1 aromatic rings. The molecule has 0 aliphatic carbocycles. The molecule has 0 aliphatic heterocycles. The summed E-state index contributed by atoms with van der Waals surface area (Å²) in [5, 5.41) is 11.1. The van der Waals surface area contributed by atoms with Crippen molar-refractivity contribution in [1.82, 2.24) is 0 Å². The predicted octanol–water partition coefficient (Wildman–Crippen LogP) is 1.54. The number of rotatable bonds is 4. The van der Waals surface area contributed by atoms with E-state index in [2.05, 4.69) is 10.1 Å². The van der Waals surface area contributed by atoms with Gasteiger partial charge in [-0.15, -0.1) is 0 Å². The number of hydrogen-bond acceptors (Lipinski definition) is 4. The lowest BCUT2D eigenvalue weighted by Gasteiger charge is -2.09. The Balaban J connectivity index is 2.98. The number of benzene rings is 1. The quantitative estimate of drug-likeness (QED) is 0.640. The van der Waals surface area contributed by atoms with Crippen LogP contribution in [0.3, 0.4) is 0 Å². The second-order valence-corrected chi connectivity index (χ2v) is 3.74. The van der Waals surface area contributed by atoms with Crippen molar-refractivity contribution in [1.29, 1.82) is 0 Å². The number of halogens is 1. The highest BCUT2D eigenvalue weighted by atomic mass is 35.5. The third-order valence-corrected chi connectivity index (χ3v) is 2.21. The number of amides is 1. The van der Waals surface area contributed by atoms with E-state index in [0.29, 0.717) is 5.02 Å². The summed E-state index contributed by atoms with van der Waals surface area (Å²) in [6, 6.07) is 4.18. The third kappa shape index (κ3) is 3.74. The number of hydrogen-bond donors (Lipinski definition) is 2. The first-order chi connectivity index (χ1) is 8.43. The lowest BCUT2D eigenvalue weighted by molar-refractivity contribution is -0.139. The molecule has 96 valence electrons. The second kappa shape index (κ2) is 6.02. The summed E-state index contributed by atoms with van der Waals surface area (Å²) in [6.45, 7) is 0. The Labute approximate surface area is 108 Å². The smallest absolute Gasteiger partial charge is 0.340 e. The lowest BCUT2D eigenvalue weighted by atomic mass is 10.1. The summed E-state index contributed by atoms with van der Waals surface area (Å²) in [7, 11) is 1.19. The van der Waals surface area contributed by atoms with Gasteiger partial charge in [0.15, 0.2) is 0 Å². The van der Waals surface area contributed by atoms with Gasteiger partial charge in [-0.2, -0.15) is 0 Å². The maximum atomic E-state index is 11.4. The molecule has 7 heteroatoms. The minimum Gasteiger partial charge on any atom is -0.481 e. The molecule has 0 saturated heterocycles. The zero-order valence-corrected chi connectivity index (χ0v) is 10.2. The SMILES string of the molecule is COC(=O)c1cc(Cl)ccc1NC(=O)CC(=O)O. The van der Waals surface area contributed by atoms with Gasteiger partial charge in [-0.25, -0.2) is 4.79 Å². The fraction of sp³-hybridized carbons (Fsp3) is 0.182. The van der Waals surface area contributed by atoms with Crippen LogP contribution in [-0.4, -0.2) is 30.1 Å². The number of carbonyl (C=O) groups is 3. The Hall–Kier alpha value is -2.08. The van der Waals surface area contributed by atoms with Crippen molar-refractivity contribution in [2.45, 2.75) is 6.42 Å². The number of carboxylic acid groups (broad SMARTS) is 1. The Bertz CT molecular complexity index is 500. The molecule has 0 unspecified atom stereocenters. The zero-order chi connectivity index (χ0) is 13.7. The van der Waals surface area contributed by atoms with Gasteiger partial charge in [0.2, 0.25) is 5.91 Å².